The lowest BCUT2D eigenvalue weighted by molar-refractivity contribution is 0.493. The first-order chi connectivity index (χ1) is 5.68. The fourth-order valence-corrected chi connectivity index (χ4v) is 1.98. The van der Waals surface area contributed by atoms with Crippen LogP contribution in [0, 0.1) is 5.92 Å². The van der Waals surface area contributed by atoms with Crippen LogP contribution in [0.15, 0.2) is 11.6 Å². The lowest BCUT2D eigenvalue weighted by Crippen LogP contribution is -2.24. The zero-order valence-electron chi connectivity index (χ0n) is 7.66. The lowest BCUT2D eigenvalue weighted by Gasteiger charge is -2.11. The van der Waals surface area contributed by atoms with E-state index in [4.69, 9.17) is 5.73 Å². The second-order valence-corrected chi connectivity index (χ2v) is 4.50. The molecular weight excluding hydrogens is 168 g/mol. The molecule has 0 amide bonds. The molecule has 2 N–H and O–H groups in total. The largest absolute Gasteiger partial charge is 0.327 e. The summed E-state index contributed by atoms with van der Waals surface area (Å²) in [7, 11) is 0. The van der Waals surface area contributed by atoms with Crippen molar-refractivity contribution in [2.24, 2.45) is 11.7 Å². The molecule has 68 valence electrons. The SMILES string of the molecule is CC(C)C[C@H](N)Cc1nccs1. The van der Waals surface area contributed by atoms with E-state index in [1.165, 1.54) is 0 Å². The molecule has 0 fully saturated rings. The van der Waals surface area contributed by atoms with Gasteiger partial charge >= 0.3 is 0 Å². The van der Waals surface area contributed by atoms with Gasteiger partial charge in [0.1, 0.15) is 0 Å². The molecule has 3 heteroatoms. The van der Waals surface area contributed by atoms with Gasteiger partial charge in [-0.05, 0) is 12.3 Å². The Balaban J connectivity index is 2.32. The van der Waals surface area contributed by atoms with Crippen molar-refractivity contribution in [3.8, 4) is 0 Å². The van der Waals surface area contributed by atoms with Crippen LogP contribution in [0.4, 0.5) is 0 Å². The van der Waals surface area contributed by atoms with Gasteiger partial charge in [-0.3, -0.25) is 0 Å². The predicted octanol–water partition coefficient (Wildman–Crippen LogP) is 2.06. The molecule has 0 saturated carbocycles. The molecule has 0 radical (unpaired) electrons. The molecule has 12 heavy (non-hydrogen) atoms. The molecule has 1 atom stereocenters. The summed E-state index contributed by atoms with van der Waals surface area (Å²) in [5.74, 6) is 0.681. The maximum atomic E-state index is 5.93. The Bertz CT molecular complexity index is 206. The van der Waals surface area contributed by atoms with Gasteiger partial charge < -0.3 is 5.73 Å². The topological polar surface area (TPSA) is 38.9 Å². The first-order valence-corrected chi connectivity index (χ1v) is 5.20. The van der Waals surface area contributed by atoms with Gasteiger partial charge in [-0.25, -0.2) is 4.98 Å². The average molecular weight is 184 g/mol. The third kappa shape index (κ3) is 3.32. The normalized spacial score (nSPS) is 13.7. The van der Waals surface area contributed by atoms with Crippen LogP contribution >= 0.6 is 11.3 Å². The monoisotopic (exact) mass is 184 g/mol. The highest BCUT2D eigenvalue weighted by Gasteiger charge is 2.07. The molecule has 1 aromatic heterocycles. The quantitative estimate of drug-likeness (QED) is 0.778. The van der Waals surface area contributed by atoms with Crippen LogP contribution in [0.2, 0.25) is 0 Å². The summed E-state index contributed by atoms with van der Waals surface area (Å²) in [4.78, 5) is 4.20. The van der Waals surface area contributed by atoms with Crippen LogP contribution in [-0.2, 0) is 6.42 Å². The van der Waals surface area contributed by atoms with E-state index in [-0.39, 0.29) is 6.04 Å². The van der Waals surface area contributed by atoms with Gasteiger partial charge in [0.15, 0.2) is 0 Å². The maximum absolute atomic E-state index is 5.93. The van der Waals surface area contributed by atoms with Gasteiger partial charge in [0, 0.05) is 24.0 Å². The van der Waals surface area contributed by atoms with Crippen LogP contribution in [0.1, 0.15) is 25.3 Å². The lowest BCUT2D eigenvalue weighted by atomic mass is 10.0. The first-order valence-electron chi connectivity index (χ1n) is 4.32. The second-order valence-electron chi connectivity index (χ2n) is 3.52. The highest BCUT2D eigenvalue weighted by molar-refractivity contribution is 7.09. The van der Waals surface area contributed by atoms with E-state index in [0.717, 1.165) is 17.8 Å². The molecule has 1 heterocycles. The van der Waals surface area contributed by atoms with Gasteiger partial charge in [0.25, 0.3) is 0 Å². The summed E-state index contributed by atoms with van der Waals surface area (Å²) in [5, 5.41) is 3.15. The molecule has 0 aliphatic heterocycles. The van der Waals surface area contributed by atoms with Gasteiger partial charge in [-0.2, -0.15) is 0 Å². The summed E-state index contributed by atoms with van der Waals surface area (Å²) in [6, 6.07) is 0.274. The molecule has 1 rings (SSSR count). The Morgan fingerprint density at radius 1 is 1.58 bits per heavy atom. The van der Waals surface area contributed by atoms with Crippen molar-refractivity contribution >= 4 is 11.3 Å². The third-order valence-corrected chi connectivity index (χ3v) is 2.50. The Labute approximate surface area is 77.8 Å². The van der Waals surface area contributed by atoms with Gasteiger partial charge in [0.05, 0.1) is 5.01 Å². The Morgan fingerprint density at radius 3 is 2.83 bits per heavy atom. The minimum atomic E-state index is 0.274. The summed E-state index contributed by atoms with van der Waals surface area (Å²) in [6.07, 6.45) is 3.84. The highest BCUT2D eigenvalue weighted by atomic mass is 32.1. The number of aromatic nitrogens is 1. The van der Waals surface area contributed by atoms with Crippen LogP contribution in [0.3, 0.4) is 0 Å². The van der Waals surface area contributed by atoms with Crippen molar-refractivity contribution in [2.75, 3.05) is 0 Å². The van der Waals surface area contributed by atoms with E-state index in [0.29, 0.717) is 5.92 Å². The number of thiazole rings is 1. The number of hydrogen-bond donors (Lipinski definition) is 1. The molecule has 2 nitrogen and oxygen atoms in total. The Morgan fingerprint density at radius 2 is 2.33 bits per heavy atom. The summed E-state index contributed by atoms with van der Waals surface area (Å²) in [6.45, 7) is 4.39. The molecule has 0 spiro atoms. The minimum absolute atomic E-state index is 0.274. The standard InChI is InChI=1S/C9H16N2S/c1-7(2)5-8(10)6-9-11-3-4-12-9/h3-4,7-8H,5-6,10H2,1-2H3/t8-/m0/s1. The highest BCUT2D eigenvalue weighted by Crippen LogP contribution is 2.10. The van der Waals surface area contributed by atoms with Crippen LogP contribution in [-0.4, -0.2) is 11.0 Å². The molecule has 0 bridgehead atoms. The summed E-state index contributed by atoms with van der Waals surface area (Å²) < 4.78 is 0. The molecule has 0 aliphatic rings. The smallest absolute Gasteiger partial charge is 0.0940 e. The van der Waals surface area contributed by atoms with Crippen molar-refractivity contribution in [3.63, 3.8) is 0 Å². The summed E-state index contributed by atoms with van der Waals surface area (Å²) in [5.41, 5.74) is 5.93. The second kappa shape index (κ2) is 4.58. The van der Waals surface area contributed by atoms with Gasteiger partial charge in [-0.15, -0.1) is 11.3 Å². The number of nitrogens with zero attached hydrogens (tertiary/aromatic N) is 1. The molecule has 0 aliphatic carbocycles. The first kappa shape index (κ1) is 9.68. The average Bonchev–Trinajstić information content (AvgIpc) is 2.37. The number of nitrogens with two attached hydrogens (primary N) is 1. The molecular formula is C9H16N2S. The van der Waals surface area contributed by atoms with Crippen molar-refractivity contribution < 1.29 is 0 Å². The molecule has 0 unspecified atom stereocenters. The number of hydrogen-bond acceptors (Lipinski definition) is 3. The van der Waals surface area contributed by atoms with Gasteiger partial charge in [-0.1, -0.05) is 13.8 Å². The number of rotatable bonds is 4. The van der Waals surface area contributed by atoms with E-state index in [9.17, 15) is 0 Å². The van der Waals surface area contributed by atoms with Crippen molar-refractivity contribution in [3.05, 3.63) is 16.6 Å². The minimum Gasteiger partial charge on any atom is -0.327 e. The van der Waals surface area contributed by atoms with E-state index in [2.05, 4.69) is 18.8 Å². The van der Waals surface area contributed by atoms with E-state index < -0.39 is 0 Å². The third-order valence-electron chi connectivity index (χ3n) is 1.69. The Kier molecular flexibility index (Phi) is 3.69. The van der Waals surface area contributed by atoms with Crippen LogP contribution in [0.25, 0.3) is 0 Å². The van der Waals surface area contributed by atoms with E-state index in [1.54, 1.807) is 11.3 Å². The fourth-order valence-electron chi connectivity index (χ4n) is 1.27. The molecule has 0 aromatic carbocycles. The van der Waals surface area contributed by atoms with Crippen LogP contribution < -0.4 is 5.73 Å². The van der Waals surface area contributed by atoms with Crippen molar-refractivity contribution in [1.29, 1.82) is 0 Å². The Hall–Kier alpha value is -0.410. The zero-order chi connectivity index (χ0) is 8.97. The van der Waals surface area contributed by atoms with Crippen molar-refractivity contribution in [2.45, 2.75) is 32.7 Å². The maximum Gasteiger partial charge on any atom is 0.0940 e. The van der Waals surface area contributed by atoms with Crippen LogP contribution in [0.5, 0.6) is 0 Å². The van der Waals surface area contributed by atoms with E-state index in [1.807, 2.05) is 11.6 Å². The summed E-state index contributed by atoms with van der Waals surface area (Å²) >= 11 is 1.69. The zero-order valence-corrected chi connectivity index (χ0v) is 8.47. The fraction of sp³-hybridized carbons (Fsp3) is 0.667. The molecule has 0 saturated heterocycles. The van der Waals surface area contributed by atoms with Gasteiger partial charge in [0.2, 0.25) is 0 Å². The van der Waals surface area contributed by atoms with Crippen molar-refractivity contribution in [1.82, 2.24) is 4.98 Å². The molecule has 1 aromatic rings. The van der Waals surface area contributed by atoms with E-state index >= 15 is 0 Å². The predicted molar refractivity (Wildman–Crippen MR) is 53.2 cm³/mol.